The van der Waals surface area contributed by atoms with Gasteiger partial charge in [-0.05, 0) is 31.2 Å². The molecule has 2 rings (SSSR count). The average molecular weight is 289 g/mol. The maximum Gasteiger partial charge on any atom is 0.248 e. The zero-order valence-electron chi connectivity index (χ0n) is 11.4. The van der Waals surface area contributed by atoms with E-state index in [1.807, 2.05) is 0 Å². The van der Waals surface area contributed by atoms with Crippen LogP contribution in [0.15, 0.2) is 30.5 Å². The van der Waals surface area contributed by atoms with Gasteiger partial charge in [0.1, 0.15) is 12.2 Å². The Kier molecular flexibility index (Phi) is 4.29. The predicted molar refractivity (Wildman–Crippen MR) is 74.2 cm³/mol. The lowest BCUT2D eigenvalue weighted by molar-refractivity contribution is -0.116. The number of nitrogens with one attached hydrogen (secondary N) is 1. The van der Waals surface area contributed by atoms with E-state index in [0.717, 1.165) is 0 Å². The normalized spacial score (nSPS) is 11.9. The van der Waals surface area contributed by atoms with Crippen LogP contribution >= 0.6 is 0 Å². The number of anilines is 1. The van der Waals surface area contributed by atoms with Gasteiger partial charge in [0.25, 0.3) is 0 Å². The third-order valence-electron chi connectivity index (χ3n) is 2.74. The molecule has 1 aromatic heterocycles. The maximum atomic E-state index is 11.8. The fraction of sp³-hybridized carbons (Fsp3) is 0.231. The van der Waals surface area contributed by atoms with Crippen molar-refractivity contribution in [3.63, 3.8) is 0 Å². The van der Waals surface area contributed by atoms with Crippen LogP contribution in [0.5, 0.6) is 0 Å². The summed E-state index contributed by atoms with van der Waals surface area (Å²) in [7, 11) is 0. The Morgan fingerprint density at radius 1 is 1.38 bits per heavy atom. The summed E-state index contributed by atoms with van der Waals surface area (Å²) in [6, 6.07) is 6.22. The highest BCUT2D eigenvalue weighted by atomic mass is 16.3. The van der Waals surface area contributed by atoms with Gasteiger partial charge in [0.15, 0.2) is 0 Å². The number of aliphatic hydroxyl groups is 1. The first-order chi connectivity index (χ1) is 9.95. The smallest absolute Gasteiger partial charge is 0.248 e. The monoisotopic (exact) mass is 289 g/mol. The fourth-order valence-electron chi connectivity index (χ4n) is 1.65. The molecule has 0 spiro atoms. The predicted octanol–water partition coefficient (Wildman–Crippen LogP) is 0.0690. The molecule has 1 heterocycles. The molecule has 0 bridgehead atoms. The Bertz CT molecular complexity index is 648. The second-order valence-electron chi connectivity index (χ2n) is 4.51. The largest absolute Gasteiger partial charge is 0.387 e. The minimum Gasteiger partial charge on any atom is -0.387 e. The van der Waals surface area contributed by atoms with Crippen molar-refractivity contribution >= 4 is 17.5 Å². The van der Waals surface area contributed by atoms with Gasteiger partial charge in [-0.15, -0.1) is 5.10 Å². The Morgan fingerprint density at radius 3 is 2.57 bits per heavy atom. The van der Waals surface area contributed by atoms with Crippen LogP contribution in [-0.2, 0) is 11.3 Å². The lowest BCUT2D eigenvalue weighted by Crippen LogP contribution is -2.19. The van der Waals surface area contributed by atoms with Crippen LogP contribution in [0.4, 0.5) is 5.69 Å². The van der Waals surface area contributed by atoms with Crippen LogP contribution in [0.3, 0.4) is 0 Å². The molecule has 1 unspecified atom stereocenters. The summed E-state index contributed by atoms with van der Waals surface area (Å²) in [4.78, 5) is 22.8. The molecule has 110 valence electrons. The van der Waals surface area contributed by atoms with Gasteiger partial charge in [0.2, 0.25) is 11.8 Å². The first kappa shape index (κ1) is 14.7. The van der Waals surface area contributed by atoms with Gasteiger partial charge in [-0.3, -0.25) is 9.59 Å². The van der Waals surface area contributed by atoms with Crippen molar-refractivity contribution in [1.82, 2.24) is 15.0 Å². The average Bonchev–Trinajstić information content (AvgIpc) is 2.87. The van der Waals surface area contributed by atoms with Gasteiger partial charge in [-0.2, -0.15) is 0 Å². The Hall–Kier alpha value is -2.74. The minimum atomic E-state index is -0.733. The molecule has 0 saturated carbocycles. The van der Waals surface area contributed by atoms with Crippen LogP contribution in [0.2, 0.25) is 0 Å². The van der Waals surface area contributed by atoms with Crippen molar-refractivity contribution in [3.05, 3.63) is 41.7 Å². The molecule has 1 atom stereocenters. The summed E-state index contributed by atoms with van der Waals surface area (Å²) in [5.41, 5.74) is 6.43. The number of hydrogen-bond acceptors (Lipinski definition) is 5. The second kappa shape index (κ2) is 6.14. The van der Waals surface area contributed by atoms with Crippen LogP contribution in [0, 0.1) is 0 Å². The van der Waals surface area contributed by atoms with Crippen molar-refractivity contribution in [2.45, 2.75) is 19.6 Å². The summed E-state index contributed by atoms with van der Waals surface area (Å²) < 4.78 is 1.33. The Labute approximate surface area is 120 Å². The van der Waals surface area contributed by atoms with E-state index >= 15 is 0 Å². The number of rotatable bonds is 5. The second-order valence-corrected chi connectivity index (χ2v) is 4.51. The SMILES string of the molecule is CC(O)c1cn(CC(=O)Nc2ccc(C(N)=O)cc2)nn1. The number of carbonyl (C=O) groups is 2. The molecule has 8 heteroatoms. The molecule has 4 N–H and O–H groups in total. The number of carbonyl (C=O) groups excluding carboxylic acids is 2. The van der Waals surface area contributed by atoms with E-state index in [-0.39, 0.29) is 12.5 Å². The number of benzene rings is 1. The summed E-state index contributed by atoms with van der Waals surface area (Å²) in [5, 5.41) is 19.5. The van der Waals surface area contributed by atoms with Crippen molar-refractivity contribution < 1.29 is 14.7 Å². The van der Waals surface area contributed by atoms with Crippen LogP contribution in [-0.4, -0.2) is 31.9 Å². The number of nitrogens with zero attached hydrogens (tertiary/aromatic N) is 3. The molecule has 1 aromatic carbocycles. The van der Waals surface area contributed by atoms with Gasteiger partial charge >= 0.3 is 0 Å². The summed E-state index contributed by atoms with van der Waals surface area (Å²) in [6.45, 7) is 1.53. The highest BCUT2D eigenvalue weighted by molar-refractivity contribution is 5.94. The zero-order chi connectivity index (χ0) is 15.4. The number of hydrogen-bond donors (Lipinski definition) is 3. The molecule has 0 fully saturated rings. The maximum absolute atomic E-state index is 11.8. The number of primary amides is 1. The van der Waals surface area contributed by atoms with Crippen molar-refractivity contribution in [2.75, 3.05) is 5.32 Å². The molecule has 0 aliphatic heterocycles. The number of amides is 2. The van der Waals surface area contributed by atoms with Crippen LogP contribution in [0.1, 0.15) is 29.1 Å². The van der Waals surface area contributed by atoms with Gasteiger partial charge in [-0.1, -0.05) is 5.21 Å². The molecule has 0 radical (unpaired) electrons. The molecule has 2 aromatic rings. The number of nitrogens with two attached hydrogens (primary N) is 1. The van der Waals surface area contributed by atoms with E-state index in [2.05, 4.69) is 15.6 Å². The van der Waals surface area contributed by atoms with Crippen LogP contribution in [0.25, 0.3) is 0 Å². The first-order valence-electron chi connectivity index (χ1n) is 6.23. The fourth-order valence-corrected chi connectivity index (χ4v) is 1.65. The quantitative estimate of drug-likeness (QED) is 0.718. The zero-order valence-corrected chi connectivity index (χ0v) is 11.4. The highest BCUT2D eigenvalue weighted by Gasteiger charge is 2.09. The molecule has 8 nitrogen and oxygen atoms in total. The van der Waals surface area contributed by atoms with E-state index in [4.69, 9.17) is 5.73 Å². The van der Waals surface area contributed by atoms with Crippen molar-refractivity contribution in [1.29, 1.82) is 0 Å². The van der Waals surface area contributed by atoms with Gasteiger partial charge in [-0.25, -0.2) is 4.68 Å². The molecule has 0 saturated heterocycles. The van der Waals surface area contributed by atoms with Gasteiger partial charge in [0, 0.05) is 11.3 Å². The van der Waals surface area contributed by atoms with Crippen LogP contribution < -0.4 is 11.1 Å². The topological polar surface area (TPSA) is 123 Å². The van der Waals surface area contributed by atoms with E-state index in [9.17, 15) is 14.7 Å². The summed E-state index contributed by atoms with van der Waals surface area (Å²) in [5.74, 6) is -0.829. The van der Waals surface area contributed by atoms with E-state index < -0.39 is 12.0 Å². The third-order valence-corrected chi connectivity index (χ3v) is 2.74. The molecule has 0 aliphatic rings. The van der Waals surface area contributed by atoms with Gasteiger partial charge in [0.05, 0.1) is 12.3 Å². The van der Waals surface area contributed by atoms with E-state index in [1.54, 1.807) is 19.1 Å². The van der Waals surface area contributed by atoms with Crippen molar-refractivity contribution in [2.24, 2.45) is 5.73 Å². The van der Waals surface area contributed by atoms with Gasteiger partial charge < -0.3 is 16.2 Å². The van der Waals surface area contributed by atoms with E-state index in [0.29, 0.717) is 16.9 Å². The first-order valence-corrected chi connectivity index (χ1v) is 6.23. The van der Waals surface area contributed by atoms with Crippen molar-refractivity contribution in [3.8, 4) is 0 Å². The third kappa shape index (κ3) is 3.86. The summed E-state index contributed by atoms with van der Waals surface area (Å²) >= 11 is 0. The molecule has 21 heavy (non-hydrogen) atoms. The standard InChI is InChI=1S/C13H15N5O3/c1-8(19)11-6-18(17-16-11)7-12(20)15-10-4-2-9(3-5-10)13(14)21/h2-6,8,19H,7H2,1H3,(H2,14,21)(H,15,20). The lowest BCUT2D eigenvalue weighted by atomic mass is 10.2. The number of aromatic nitrogens is 3. The summed E-state index contributed by atoms with van der Waals surface area (Å²) in [6.07, 6.45) is 0.767. The molecule has 0 aliphatic carbocycles. The highest BCUT2D eigenvalue weighted by Crippen LogP contribution is 2.10. The minimum absolute atomic E-state index is 0.0305. The molecular weight excluding hydrogens is 274 g/mol. The number of aliphatic hydroxyl groups excluding tert-OH is 1. The van der Waals surface area contributed by atoms with E-state index in [1.165, 1.54) is 23.0 Å². The molecule has 2 amide bonds. The molecular formula is C13H15N5O3. The lowest BCUT2D eigenvalue weighted by Gasteiger charge is -2.05. The Morgan fingerprint density at radius 2 is 2.05 bits per heavy atom. The Balaban J connectivity index is 1.96.